The highest BCUT2D eigenvalue weighted by Gasteiger charge is 2.30. The number of halogens is 1. The van der Waals surface area contributed by atoms with E-state index in [0.717, 1.165) is 44.3 Å². The standard InChI is InChI=1S/C23H32FN5O/c1-2-22(18-8-10-19(24)11-9-18)29-17-21(25-26-29)23(30)28-15-4-3-7-20(28)12-16-27-13-5-6-14-27/h8-11,17,20,22H,2-7,12-16H2,1H3/t20-,22+/m0/s1. The number of hydrogen-bond donors (Lipinski definition) is 0. The van der Waals surface area contributed by atoms with Crippen molar-refractivity contribution in [2.45, 2.75) is 64.0 Å². The van der Waals surface area contributed by atoms with E-state index in [9.17, 15) is 9.18 Å². The Balaban J connectivity index is 1.45. The van der Waals surface area contributed by atoms with E-state index >= 15 is 0 Å². The second kappa shape index (κ2) is 9.69. The smallest absolute Gasteiger partial charge is 0.276 e. The van der Waals surface area contributed by atoms with Crippen molar-refractivity contribution < 1.29 is 9.18 Å². The van der Waals surface area contributed by atoms with Gasteiger partial charge in [-0.15, -0.1) is 5.10 Å². The average Bonchev–Trinajstić information content (AvgIpc) is 3.46. The fraction of sp³-hybridized carbons (Fsp3) is 0.609. The zero-order chi connectivity index (χ0) is 20.9. The van der Waals surface area contributed by atoms with E-state index in [-0.39, 0.29) is 23.8 Å². The summed E-state index contributed by atoms with van der Waals surface area (Å²) in [5.74, 6) is -0.269. The van der Waals surface area contributed by atoms with Crippen molar-refractivity contribution >= 4 is 5.91 Å². The second-order valence-corrected chi connectivity index (χ2v) is 8.54. The fourth-order valence-electron chi connectivity index (χ4n) is 4.84. The highest BCUT2D eigenvalue weighted by Crippen LogP contribution is 2.25. The van der Waals surface area contributed by atoms with Gasteiger partial charge in [-0.05, 0) is 75.7 Å². The maximum atomic E-state index is 13.3. The zero-order valence-electron chi connectivity index (χ0n) is 17.8. The molecule has 0 unspecified atom stereocenters. The molecular weight excluding hydrogens is 381 g/mol. The van der Waals surface area contributed by atoms with Crippen LogP contribution < -0.4 is 0 Å². The van der Waals surface area contributed by atoms with Crippen LogP contribution in [-0.4, -0.2) is 62.9 Å². The summed E-state index contributed by atoms with van der Waals surface area (Å²) in [4.78, 5) is 17.8. The summed E-state index contributed by atoms with van der Waals surface area (Å²) in [7, 11) is 0. The number of nitrogens with zero attached hydrogens (tertiary/aromatic N) is 5. The molecule has 7 heteroatoms. The molecule has 1 aromatic carbocycles. The number of carbonyl (C=O) groups is 1. The van der Waals surface area contributed by atoms with E-state index in [1.165, 1.54) is 44.5 Å². The van der Waals surface area contributed by atoms with Crippen LogP contribution in [0.15, 0.2) is 30.5 Å². The highest BCUT2D eigenvalue weighted by atomic mass is 19.1. The largest absolute Gasteiger partial charge is 0.334 e. The summed E-state index contributed by atoms with van der Waals surface area (Å²) >= 11 is 0. The monoisotopic (exact) mass is 413 g/mol. The van der Waals surface area contributed by atoms with Gasteiger partial charge in [0.1, 0.15) is 5.82 Å². The second-order valence-electron chi connectivity index (χ2n) is 8.54. The van der Waals surface area contributed by atoms with Gasteiger partial charge in [0.15, 0.2) is 5.69 Å². The lowest BCUT2D eigenvalue weighted by Crippen LogP contribution is -2.45. The topological polar surface area (TPSA) is 54.3 Å². The molecule has 2 atom stereocenters. The molecule has 0 aliphatic carbocycles. The lowest BCUT2D eigenvalue weighted by molar-refractivity contribution is 0.0581. The first-order valence-corrected chi connectivity index (χ1v) is 11.4. The minimum atomic E-state index is -0.256. The van der Waals surface area contributed by atoms with Gasteiger partial charge in [-0.3, -0.25) is 4.79 Å². The summed E-state index contributed by atoms with van der Waals surface area (Å²) in [6, 6.07) is 6.68. The third-order valence-corrected chi connectivity index (χ3v) is 6.56. The number of aromatic nitrogens is 3. The molecule has 1 amide bonds. The Hall–Kier alpha value is -2.28. The lowest BCUT2D eigenvalue weighted by atomic mass is 9.98. The first-order valence-electron chi connectivity index (χ1n) is 11.4. The molecule has 0 radical (unpaired) electrons. The molecule has 1 aromatic heterocycles. The summed E-state index contributed by atoms with van der Waals surface area (Å²) in [5.41, 5.74) is 1.37. The molecule has 0 saturated carbocycles. The molecule has 2 saturated heterocycles. The fourth-order valence-corrected chi connectivity index (χ4v) is 4.84. The molecule has 4 rings (SSSR count). The van der Waals surface area contributed by atoms with Crippen LogP contribution in [0.25, 0.3) is 0 Å². The third-order valence-electron chi connectivity index (χ3n) is 6.56. The number of benzene rings is 1. The number of carbonyl (C=O) groups excluding carboxylic acids is 1. The number of likely N-dealkylation sites (tertiary alicyclic amines) is 2. The van der Waals surface area contributed by atoms with Crippen molar-refractivity contribution in [1.82, 2.24) is 24.8 Å². The quantitative estimate of drug-likeness (QED) is 0.691. The zero-order valence-corrected chi connectivity index (χ0v) is 17.8. The van der Waals surface area contributed by atoms with Crippen LogP contribution in [0.3, 0.4) is 0 Å². The molecule has 2 aliphatic rings. The maximum absolute atomic E-state index is 13.3. The predicted octanol–water partition coefficient (Wildman–Crippen LogP) is 3.90. The number of hydrogen-bond acceptors (Lipinski definition) is 4. The summed E-state index contributed by atoms with van der Waals surface area (Å²) < 4.78 is 15.0. The van der Waals surface area contributed by atoms with Gasteiger partial charge < -0.3 is 9.80 Å². The Bertz CT molecular complexity index is 830. The van der Waals surface area contributed by atoms with E-state index in [1.54, 1.807) is 23.0 Å². The van der Waals surface area contributed by atoms with Gasteiger partial charge in [-0.1, -0.05) is 24.3 Å². The summed E-state index contributed by atoms with van der Waals surface area (Å²) in [6.45, 7) is 6.30. The van der Waals surface area contributed by atoms with Crippen molar-refractivity contribution in [2.24, 2.45) is 0 Å². The van der Waals surface area contributed by atoms with Crippen LogP contribution in [0.1, 0.15) is 74.0 Å². The molecule has 2 fully saturated rings. The van der Waals surface area contributed by atoms with E-state index in [1.807, 2.05) is 4.90 Å². The van der Waals surface area contributed by atoms with Crippen LogP contribution in [0.4, 0.5) is 4.39 Å². The van der Waals surface area contributed by atoms with Gasteiger partial charge in [0.05, 0.1) is 12.2 Å². The van der Waals surface area contributed by atoms with Crippen molar-refractivity contribution in [3.8, 4) is 0 Å². The van der Waals surface area contributed by atoms with E-state index in [4.69, 9.17) is 0 Å². The van der Waals surface area contributed by atoms with Gasteiger partial charge in [0.2, 0.25) is 0 Å². The van der Waals surface area contributed by atoms with Crippen LogP contribution in [-0.2, 0) is 0 Å². The molecule has 6 nitrogen and oxygen atoms in total. The van der Waals surface area contributed by atoms with Crippen LogP contribution in [0, 0.1) is 5.82 Å². The Labute approximate surface area is 178 Å². The lowest BCUT2D eigenvalue weighted by Gasteiger charge is -2.36. The van der Waals surface area contributed by atoms with E-state index in [2.05, 4.69) is 22.1 Å². The Kier molecular flexibility index (Phi) is 6.77. The molecular formula is C23H32FN5O. The molecule has 30 heavy (non-hydrogen) atoms. The van der Waals surface area contributed by atoms with Crippen LogP contribution >= 0.6 is 0 Å². The van der Waals surface area contributed by atoms with Crippen molar-refractivity contribution in [2.75, 3.05) is 26.2 Å². The van der Waals surface area contributed by atoms with Gasteiger partial charge in [-0.2, -0.15) is 0 Å². The average molecular weight is 414 g/mol. The van der Waals surface area contributed by atoms with E-state index in [0.29, 0.717) is 5.69 Å². The van der Waals surface area contributed by atoms with Crippen LogP contribution in [0.2, 0.25) is 0 Å². The minimum absolute atomic E-state index is 0.0127. The molecule has 2 aromatic rings. The SMILES string of the molecule is CC[C@H](c1ccc(F)cc1)n1cc(C(=O)N2CCCC[C@H]2CCN2CCCC2)nn1. The first-order chi connectivity index (χ1) is 14.7. The first kappa shape index (κ1) is 21.0. The van der Waals surface area contributed by atoms with Gasteiger partial charge >= 0.3 is 0 Å². The van der Waals surface area contributed by atoms with E-state index < -0.39 is 0 Å². The summed E-state index contributed by atoms with van der Waals surface area (Å²) in [5, 5.41) is 8.47. The molecule has 0 bridgehead atoms. The Morgan fingerprint density at radius 2 is 1.87 bits per heavy atom. The molecule has 0 spiro atoms. The third kappa shape index (κ3) is 4.72. The number of piperidine rings is 1. The summed E-state index contributed by atoms with van der Waals surface area (Å²) in [6.07, 6.45) is 9.47. The molecule has 3 heterocycles. The van der Waals surface area contributed by atoms with Gasteiger partial charge in [0.25, 0.3) is 5.91 Å². The minimum Gasteiger partial charge on any atom is -0.334 e. The molecule has 2 aliphatic heterocycles. The Morgan fingerprint density at radius 1 is 1.13 bits per heavy atom. The molecule has 162 valence electrons. The van der Waals surface area contributed by atoms with Gasteiger partial charge in [-0.25, -0.2) is 9.07 Å². The van der Waals surface area contributed by atoms with Gasteiger partial charge in [0, 0.05) is 19.1 Å². The number of rotatable bonds is 7. The Morgan fingerprint density at radius 3 is 2.60 bits per heavy atom. The van der Waals surface area contributed by atoms with Crippen LogP contribution in [0.5, 0.6) is 0 Å². The maximum Gasteiger partial charge on any atom is 0.276 e. The number of amides is 1. The molecule has 0 N–H and O–H groups in total. The van der Waals surface area contributed by atoms with Crippen molar-refractivity contribution in [3.63, 3.8) is 0 Å². The highest BCUT2D eigenvalue weighted by molar-refractivity contribution is 5.92. The van der Waals surface area contributed by atoms with Crippen molar-refractivity contribution in [1.29, 1.82) is 0 Å². The normalized spacial score (nSPS) is 21.1. The van der Waals surface area contributed by atoms with Crippen molar-refractivity contribution in [3.05, 3.63) is 47.5 Å². The predicted molar refractivity (Wildman–Crippen MR) is 114 cm³/mol.